The standard InChI is InChI=1S/C23H24N4O3S/c1-2-20(22(25)31(29,30)19-6-4-3-5-7-19)21(24)16-8-10-17(11-9-16)23(28)27-18-12-14-26-15-13-18/h3-15,20-21,25H,2,24H2,1H3,(H,26,27,28). The van der Waals surface area contributed by atoms with E-state index >= 15 is 0 Å². The molecular formula is C23H24N4O3S. The van der Waals surface area contributed by atoms with Gasteiger partial charge < -0.3 is 11.1 Å². The van der Waals surface area contributed by atoms with Gasteiger partial charge >= 0.3 is 0 Å². The SMILES string of the molecule is CCC(C(=N)S(=O)(=O)c1ccccc1)C(N)c1ccc(C(=O)Nc2ccncc2)cc1. The van der Waals surface area contributed by atoms with Crippen molar-refractivity contribution in [2.75, 3.05) is 5.32 Å². The van der Waals surface area contributed by atoms with Gasteiger partial charge in [-0.3, -0.25) is 15.2 Å². The molecule has 31 heavy (non-hydrogen) atoms. The van der Waals surface area contributed by atoms with Crippen LogP contribution in [0.2, 0.25) is 0 Å². The molecule has 2 unspecified atom stereocenters. The van der Waals surface area contributed by atoms with Gasteiger partial charge in [-0.2, -0.15) is 0 Å². The maximum Gasteiger partial charge on any atom is 0.255 e. The minimum absolute atomic E-state index is 0.0776. The average Bonchev–Trinajstić information content (AvgIpc) is 2.80. The van der Waals surface area contributed by atoms with Crippen molar-refractivity contribution in [1.29, 1.82) is 5.41 Å². The fraction of sp³-hybridized carbons (Fsp3) is 0.174. The number of nitrogens with one attached hydrogen (secondary N) is 2. The lowest BCUT2D eigenvalue weighted by Crippen LogP contribution is -2.32. The molecule has 0 radical (unpaired) electrons. The van der Waals surface area contributed by atoms with Crippen molar-refractivity contribution < 1.29 is 13.2 Å². The largest absolute Gasteiger partial charge is 0.323 e. The highest BCUT2D eigenvalue weighted by Gasteiger charge is 2.32. The van der Waals surface area contributed by atoms with Crippen LogP contribution in [0.1, 0.15) is 35.3 Å². The molecule has 0 saturated heterocycles. The molecule has 0 fully saturated rings. The van der Waals surface area contributed by atoms with Gasteiger partial charge in [-0.05, 0) is 48.4 Å². The van der Waals surface area contributed by atoms with Gasteiger partial charge in [0.25, 0.3) is 5.91 Å². The van der Waals surface area contributed by atoms with Crippen LogP contribution < -0.4 is 11.1 Å². The fourth-order valence-electron chi connectivity index (χ4n) is 3.26. The number of pyridine rings is 1. The van der Waals surface area contributed by atoms with Crippen LogP contribution >= 0.6 is 0 Å². The quantitative estimate of drug-likeness (QED) is 0.383. The number of hydrogen-bond acceptors (Lipinski definition) is 6. The third kappa shape index (κ3) is 5.04. The van der Waals surface area contributed by atoms with Gasteiger partial charge in [-0.25, -0.2) is 8.42 Å². The fourth-order valence-corrected chi connectivity index (χ4v) is 4.74. The average molecular weight is 437 g/mol. The summed E-state index contributed by atoms with van der Waals surface area (Å²) in [5.41, 5.74) is 8.08. The van der Waals surface area contributed by atoms with Crippen molar-refractivity contribution in [2.45, 2.75) is 24.3 Å². The van der Waals surface area contributed by atoms with Crippen molar-refractivity contribution in [3.05, 3.63) is 90.3 Å². The molecule has 2 aromatic carbocycles. The lowest BCUT2D eigenvalue weighted by molar-refractivity contribution is 0.102. The molecule has 3 aromatic rings. The van der Waals surface area contributed by atoms with Gasteiger partial charge in [0.15, 0.2) is 0 Å². The zero-order chi connectivity index (χ0) is 22.4. The van der Waals surface area contributed by atoms with E-state index in [9.17, 15) is 13.2 Å². The molecule has 0 aliphatic rings. The minimum Gasteiger partial charge on any atom is -0.323 e. The number of sulfone groups is 1. The summed E-state index contributed by atoms with van der Waals surface area (Å²) < 4.78 is 25.7. The Kier molecular flexibility index (Phi) is 6.94. The van der Waals surface area contributed by atoms with Crippen molar-refractivity contribution in [1.82, 2.24) is 4.98 Å². The number of nitrogens with zero attached hydrogens (tertiary/aromatic N) is 1. The highest BCUT2D eigenvalue weighted by molar-refractivity contribution is 8.06. The molecule has 160 valence electrons. The molecule has 0 aliphatic heterocycles. The first-order chi connectivity index (χ1) is 14.8. The Labute approximate surface area is 181 Å². The second-order valence-electron chi connectivity index (χ2n) is 7.03. The van der Waals surface area contributed by atoms with Crippen LogP contribution in [0.3, 0.4) is 0 Å². The summed E-state index contributed by atoms with van der Waals surface area (Å²) in [6.07, 6.45) is 3.55. The van der Waals surface area contributed by atoms with Gasteiger partial charge in [0.05, 0.1) is 4.90 Å². The van der Waals surface area contributed by atoms with E-state index in [4.69, 9.17) is 11.1 Å². The Bertz CT molecular complexity index is 1150. The normalized spacial score (nSPS) is 13.2. The van der Waals surface area contributed by atoms with Gasteiger partial charge in [0.2, 0.25) is 9.84 Å². The van der Waals surface area contributed by atoms with Crippen LogP contribution in [-0.2, 0) is 9.84 Å². The van der Waals surface area contributed by atoms with Gasteiger partial charge in [-0.1, -0.05) is 37.3 Å². The molecule has 0 spiro atoms. The van der Waals surface area contributed by atoms with E-state index in [-0.39, 0.29) is 10.8 Å². The summed E-state index contributed by atoms with van der Waals surface area (Å²) in [6, 6.07) is 17.2. The summed E-state index contributed by atoms with van der Waals surface area (Å²) >= 11 is 0. The summed E-state index contributed by atoms with van der Waals surface area (Å²) in [5, 5.41) is 10.7. The van der Waals surface area contributed by atoms with E-state index in [0.29, 0.717) is 23.2 Å². The number of carbonyl (C=O) groups excluding carboxylic acids is 1. The maximum absolute atomic E-state index is 12.8. The Balaban J connectivity index is 1.77. The number of carbonyl (C=O) groups is 1. The number of anilines is 1. The molecule has 8 heteroatoms. The summed E-state index contributed by atoms with van der Waals surface area (Å²) in [5.74, 6) is -0.973. The molecular weight excluding hydrogens is 412 g/mol. The summed E-state index contributed by atoms with van der Waals surface area (Å²) in [7, 11) is -3.93. The van der Waals surface area contributed by atoms with Crippen molar-refractivity contribution in [3.63, 3.8) is 0 Å². The van der Waals surface area contributed by atoms with Crippen LogP contribution in [0, 0.1) is 11.3 Å². The Hall–Kier alpha value is -3.36. The molecule has 2 atom stereocenters. The van der Waals surface area contributed by atoms with Crippen molar-refractivity contribution in [3.8, 4) is 0 Å². The second kappa shape index (κ2) is 9.63. The van der Waals surface area contributed by atoms with Gasteiger partial charge in [-0.15, -0.1) is 0 Å². The number of nitrogens with two attached hydrogens (primary N) is 1. The van der Waals surface area contributed by atoms with Crippen LogP contribution in [0.15, 0.2) is 84.0 Å². The Morgan fingerprint density at radius 1 is 1.03 bits per heavy atom. The molecule has 0 saturated carbocycles. The molecule has 0 aliphatic carbocycles. The monoisotopic (exact) mass is 436 g/mol. The van der Waals surface area contributed by atoms with E-state index in [1.165, 1.54) is 12.1 Å². The highest BCUT2D eigenvalue weighted by atomic mass is 32.2. The molecule has 3 rings (SSSR count). The molecule has 7 nitrogen and oxygen atoms in total. The van der Waals surface area contributed by atoms with E-state index < -0.39 is 26.8 Å². The summed E-state index contributed by atoms with van der Waals surface area (Å²) in [4.78, 5) is 16.4. The third-order valence-corrected chi connectivity index (χ3v) is 6.82. The highest BCUT2D eigenvalue weighted by Crippen LogP contribution is 2.28. The van der Waals surface area contributed by atoms with Crippen molar-refractivity contribution >= 4 is 26.5 Å². The minimum atomic E-state index is -3.93. The van der Waals surface area contributed by atoms with E-state index in [2.05, 4.69) is 10.3 Å². The first-order valence-corrected chi connectivity index (χ1v) is 11.3. The molecule has 1 heterocycles. The topological polar surface area (TPSA) is 126 Å². The summed E-state index contributed by atoms with van der Waals surface area (Å²) in [6.45, 7) is 1.80. The predicted octanol–water partition coefficient (Wildman–Crippen LogP) is 3.81. The Morgan fingerprint density at radius 3 is 2.23 bits per heavy atom. The molecule has 4 N–H and O–H groups in total. The maximum atomic E-state index is 12.8. The molecule has 1 amide bonds. The van der Waals surface area contributed by atoms with E-state index in [1.807, 2.05) is 0 Å². The predicted molar refractivity (Wildman–Crippen MR) is 121 cm³/mol. The van der Waals surface area contributed by atoms with Crippen molar-refractivity contribution in [2.24, 2.45) is 11.7 Å². The van der Waals surface area contributed by atoms with Crippen LogP contribution in [-0.4, -0.2) is 24.4 Å². The first-order valence-electron chi connectivity index (χ1n) is 9.80. The van der Waals surface area contributed by atoms with Crippen LogP contribution in [0.25, 0.3) is 0 Å². The third-order valence-electron chi connectivity index (χ3n) is 5.05. The molecule has 0 bridgehead atoms. The zero-order valence-corrected chi connectivity index (χ0v) is 17.8. The van der Waals surface area contributed by atoms with Gasteiger partial charge in [0.1, 0.15) is 5.04 Å². The van der Waals surface area contributed by atoms with Crippen LogP contribution in [0.4, 0.5) is 5.69 Å². The van der Waals surface area contributed by atoms with E-state index in [1.54, 1.807) is 73.9 Å². The number of aromatic nitrogens is 1. The van der Waals surface area contributed by atoms with Gasteiger partial charge in [0, 0.05) is 35.6 Å². The lowest BCUT2D eigenvalue weighted by Gasteiger charge is -2.24. The lowest BCUT2D eigenvalue weighted by atomic mass is 9.92. The number of rotatable bonds is 7. The Morgan fingerprint density at radius 2 is 1.65 bits per heavy atom. The number of amides is 1. The van der Waals surface area contributed by atoms with Crippen LogP contribution in [0.5, 0.6) is 0 Å². The molecule has 1 aromatic heterocycles. The van der Waals surface area contributed by atoms with E-state index in [0.717, 1.165) is 0 Å². The first kappa shape index (κ1) is 22.3. The number of benzene rings is 2. The smallest absolute Gasteiger partial charge is 0.255 e. The number of hydrogen-bond donors (Lipinski definition) is 3. The second-order valence-corrected chi connectivity index (χ2v) is 8.95. The zero-order valence-electron chi connectivity index (χ0n) is 17.0.